The molecule has 1 amide bonds. The van der Waals surface area contributed by atoms with Crippen LogP contribution in [0.15, 0.2) is 12.1 Å². The molecule has 24 heavy (non-hydrogen) atoms. The third kappa shape index (κ3) is 5.19. The SMILES string of the molecule is CC(=O)N1CCCc2cc(I)c(CCCC(=O)OC(C)(C)C)cc21. The number of carbonyl (C=O) groups is 2. The molecule has 1 aliphatic rings. The van der Waals surface area contributed by atoms with Gasteiger partial charge < -0.3 is 9.64 Å². The lowest BCUT2D eigenvalue weighted by atomic mass is 9.97. The summed E-state index contributed by atoms with van der Waals surface area (Å²) in [6.45, 7) is 8.06. The molecule has 0 aliphatic carbocycles. The van der Waals surface area contributed by atoms with Crippen molar-refractivity contribution in [1.82, 2.24) is 0 Å². The molecule has 0 fully saturated rings. The summed E-state index contributed by atoms with van der Waals surface area (Å²) in [4.78, 5) is 25.6. The number of fused-ring (bicyclic) bond motifs is 1. The molecule has 0 N–H and O–H groups in total. The minimum Gasteiger partial charge on any atom is -0.460 e. The van der Waals surface area contributed by atoms with Crippen LogP contribution in [0.1, 0.15) is 58.1 Å². The molecule has 1 aliphatic heterocycles. The monoisotopic (exact) mass is 443 g/mol. The first-order valence-electron chi connectivity index (χ1n) is 8.48. The van der Waals surface area contributed by atoms with Crippen LogP contribution < -0.4 is 4.90 Å². The summed E-state index contributed by atoms with van der Waals surface area (Å²) in [5.41, 5.74) is 3.06. The zero-order chi connectivity index (χ0) is 17.9. The van der Waals surface area contributed by atoms with E-state index >= 15 is 0 Å². The number of nitrogens with zero attached hydrogens (tertiary/aromatic N) is 1. The molecular formula is C19H26INO3. The van der Waals surface area contributed by atoms with Gasteiger partial charge in [0.25, 0.3) is 0 Å². The van der Waals surface area contributed by atoms with Gasteiger partial charge in [-0.25, -0.2) is 0 Å². The fourth-order valence-corrected chi connectivity index (χ4v) is 3.78. The Kier molecular flexibility index (Phi) is 6.28. The number of anilines is 1. The first kappa shape index (κ1) is 19.2. The molecule has 1 aromatic carbocycles. The van der Waals surface area contributed by atoms with Crippen molar-refractivity contribution in [3.63, 3.8) is 0 Å². The van der Waals surface area contributed by atoms with E-state index in [0.29, 0.717) is 6.42 Å². The van der Waals surface area contributed by atoms with Crippen molar-refractivity contribution < 1.29 is 14.3 Å². The number of hydrogen-bond acceptors (Lipinski definition) is 3. The molecule has 0 unspecified atom stereocenters. The summed E-state index contributed by atoms with van der Waals surface area (Å²) in [6.07, 6.45) is 4.02. The van der Waals surface area contributed by atoms with Crippen LogP contribution in [0.25, 0.3) is 0 Å². The van der Waals surface area contributed by atoms with Crippen LogP contribution in [-0.4, -0.2) is 24.0 Å². The second kappa shape index (κ2) is 7.85. The number of carbonyl (C=O) groups excluding carboxylic acids is 2. The Morgan fingerprint density at radius 3 is 2.62 bits per heavy atom. The van der Waals surface area contributed by atoms with Crippen LogP contribution >= 0.6 is 22.6 Å². The summed E-state index contributed by atoms with van der Waals surface area (Å²) in [6, 6.07) is 4.32. The summed E-state index contributed by atoms with van der Waals surface area (Å²) >= 11 is 2.35. The van der Waals surface area contributed by atoms with Crippen LogP contribution in [-0.2, 0) is 27.2 Å². The molecule has 0 atom stereocenters. The van der Waals surface area contributed by atoms with Gasteiger partial charge in [0.2, 0.25) is 5.91 Å². The Bertz CT molecular complexity index is 634. The quantitative estimate of drug-likeness (QED) is 0.516. The van der Waals surface area contributed by atoms with Gasteiger partial charge in [0.05, 0.1) is 0 Å². The van der Waals surface area contributed by atoms with Gasteiger partial charge in [-0.3, -0.25) is 9.59 Å². The number of amides is 1. The molecule has 2 rings (SSSR count). The number of esters is 1. The van der Waals surface area contributed by atoms with E-state index in [9.17, 15) is 9.59 Å². The van der Waals surface area contributed by atoms with E-state index < -0.39 is 5.60 Å². The molecule has 0 radical (unpaired) electrons. The van der Waals surface area contributed by atoms with Crippen molar-refractivity contribution in [3.05, 3.63) is 26.8 Å². The summed E-state index contributed by atoms with van der Waals surface area (Å²) in [5, 5.41) is 0. The smallest absolute Gasteiger partial charge is 0.306 e. The molecular weight excluding hydrogens is 417 g/mol. The summed E-state index contributed by atoms with van der Waals surface area (Å²) < 4.78 is 6.56. The maximum Gasteiger partial charge on any atom is 0.306 e. The third-order valence-corrected chi connectivity index (χ3v) is 5.00. The van der Waals surface area contributed by atoms with Crippen molar-refractivity contribution >= 4 is 40.2 Å². The van der Waals surface area contributed by atoms with E-state index in [1.807, 2.05) is 25.7 Å². The predicted molar refractivity (Wildman–Crippen MR) is 104 cm³/mol. The number of halogens is 1. The fraction of sp³-hybridized carbons (Fsp3) is 0.579. The highest BCUT2D eigenvalue weighted by molar-refractivity contribution is 14.1. The molecule has 1 heterocycles. The Labute approximate surface area is 158 Å². The highest BCUT2D eigenvalue weighted by Crippen LogP contribution is 2.31. The lowest BCUT2D eigenvalue weighted by molar-refractivity contribution is -0.154. The average Bonchev–Trinajstić information content (AvgIpc) is 2.45. The zero-order valence-corrected chi connectivity index (χ0v) is 17.1. The maximum atomic E-state index is 11.9. The molecule has 4 nitrogen and oxygen atoms in total. The molecule has 0 bridgehead atoms. The van der Waals surface area contributed by atoms with Gasteiger partial charge in [0.15, 0.2) is 0 Å². The van der Waals surface area contributed by atoms with E-state index in [1.165, 1.54) is 14.7 Å². The van der Waals surface area contributed by atoms with Crippen LogP contribution in [0, 0.1) is 3.57 Å². The number of ether oxygens (including phenoxy) is 1. The molecule has 0 saturated carbocycles. The lowest BCUT2D eigenvalue weighted by Gasteiger charge is -2.29. The molecule has 0 aromatic heterocycles. The maximum absolute atomic E-state index is 11.9. The second-order valence-electron chi connectivity index (χ2n) is 7.29. The van der Waals surface area contributed by atoms with E-state index in [0.717, 1.165) is 37.9 Å². The van der Waals surface area contributed by atoms with Gasteiger partial charge in [-0.1, -0.05) is 0 Å². The summed E-state index contributed by atoms with van der Waals surface area (Å²) in [7, 11) is 0. The third-order valence-electron chi connectivity index (χ3n) is 3.99. The minimum atomic E-state index is -0.431. The fourth-order valence-electron chi connectivity index (χ4n) is 2.98. The van der Waals surface area contributed by atoms with Gasteiger partial charge in [-0.15, -0.1) is 0 Å². The lowest BCUT2D eigenvalue weighted by Crippen LogP contribution is -2.33. The first-order chi connectivity index (χ1) is 11.2. The highest BCUT2D eigenvalue weighted by Gasteiger charge is 2.22. The number of rotatable bonds is 4. The van der Waals surface area contributed by atoms with Crippen LogP contribution in [0.3, 0.4) is 0 Å². The Morgan fingerprint density at radius 1 is 1.29 bits per heavy atom. The van der Waals surface area contributed by atoms with Gasteiger partial charge in [0, 0.05) is 29.1 Å². The number of aryl methyl sites for hydroxylation is 2. The van der Waals surface area contributed by atoms with Gasteiger partial charge >= 0.3 is 5.97 Å². The van der Waals surface area contributed by atoms with E-state index in [2.05, 4.69) is 34.7 Å². The first-order valence-corrected chi connectivity index (χ1v) is 9.56. The van der Waals surface area contributed by atoms with E-state index in [1.54, 1.807) is 6.92 Å². The van der Waals surface area contributed by atoms with Gasteiger partial charge in [-0.2, -0.15) is 0 Å². The van der Waals surface area contributed by atoms with Crippen molar-refractivity contribution in [1.29, 1.82) is 0 Å². The van der Waals surface area contributed by atoms with Crippen LogP contribution in [0.5, 0.6) is 0 Å². The Balaban J connectivity index is 2.05. The Morgan fingerprint density at radius 2 is 2.00 bits per heavy atom. The van der Waals surface area contributed by atoms with Crippen molar-refractivity contribution in [3.8, 4) is 0 Å². The van der Waals surface area contributed by atoms with Crippen LogP contribution in [0.4, 0.5) is 5.69 Å². The van der Waals surface area contributed by atoms with Crippen molar-refractivity contribution in [2.45, 2.75) is 65.4 Å². The molecule has 0 spiro atoms. The number of benzene rings is 1. The largest absolute Gasteiger partial charge is 0.460 e. The predicted octanol–water partition coefficient (Wildman–Crippen LogP) is 4.25. The van der Waals surface area contributed by atoms with Crippen molar-refractivity contribution in [2.75, 3.05) is 11.4 Å². The number of hydrogen-bond donors (Lipinski definition) is 0. The van der Waals surface area contributed by atoms with Crippen LogP contribution in [0.2, 0.25) is 0 Å². The minimum absolute atomic E-state index is 0.0943. The molecule has 0 saturated heterocycles. The van der Waals surface area contributed by atoms with Gasteiger partial charge in [-0.05, 0) is 92.3 Å². The topological polar surface area (TPSA) is 46.6 Å². The van der Waals surface area contributed by atoms with Gasteiger partial charge in [0.1, 0.15) is 5.60 Å². The van der Waals surface area contributed by atoms with E-state index in [4.69, 9.17) is 4.74 Å². The van der Waals surface area contributed by atoms with E-state index in [-0.39, 0.29) is 11.9 Å². The molecule has 5 heteroatoms. The Hall–Kier alpha value is -1.11. The standard InChI is InChI=1S/C19H26INO3/c1-13(22)21-10-6-8-15-11-16(20)14(12-17(15)21)7-5-9-18(23)24-19(2,3)4/h11-12H,5-10H2,1-4H3. The summed E-state index contributed by atoms with van der Waals surface area (Å²) in [5.74, 6) is -0.0577. The average molecular weight is 443 g/mol. The van der Waals surface area contributed by atoms with Crippen molar-refractivity contribution in [2.24, 2.45) is 0 Å². The zero-order valence-electron chi connectivity index (χ0n) is 14.9. The molecule has 1 aromatic rings. The molecule has 132 valence electrons. The highest BCUT2D eigenvalue weighted by atomic mass is 127. The second-order valence-corrected chi connectivity index (χ2v) is 8.45. The normalized spacial score (nSPS) is 14.3.